The molecular weight excluding hydrogens is 306 g/mol. The van der Waals surface area contributed by atoms with Gasteiger partial charge >= 0.3 is 18.3 Å². The van der Waals surface area contributed by atoms with Crippen LogP contribution in [0.2, 0.25) is 0 Å². The maximum Gasteiger partial charge on any atom is 0.430 e. The minimum atomic E-state index is -6.01. The Morgan fingerprint density at radius 1 is 0.952 bits per heavy atom. The van der Waals surface area contributed by atoms with Crippen LogP contribution in [0, 0.1) is 13.8 Å². The lowest BCUT2D eigenvalue weighted by Crippen LogP contribution is -2.54. The minimum Gasteiger partial charge on any atom is -0.478 e. The number of alkyl halides is 6. The zero-order valence-electron chi connectivity index (χ0n) is 10.7. The summed E-state index contributed by atoms with van der Waals surface area (Å²) in [5, 5.41) is 18.1. The number of hydrogen-bond acceptors (Lipinski definition) is 2. The predicted octanol–water partition coefficient (Wildman–Crippen LogP) is 3.31. The molecule has 0 saturated heterocycles. The van der Waals surface area contributed by atoms with Gasteiger partial charge in [0.05, 0.1) is 5.56 Å². The highest BCUT2D eigenvalue weighted by Crippen LogP contribution is 2.50. The van der Waals surface area contributed by atoms with Gasteiger partial charge in [-0.2, -0.15) is 26.3 Å². The van der Waals surface area contributed by atoms with Crippen LogP contribution in [-0.4, -0.2) is 28.5 Å². The number of hydrogen-bond donors (Lipinski definition) is 2. The van der Waals surface area contributed by atoms with Crippen molar-refractivity contribution in [2.24, 2.45) is 0 Å². The van der Waals surface area contributed by atoms with Crippen molar-refractivity contribution in [1.29, 1.82) is 0 Å². The fourth-order valence-electron chi connectivity index (χ4n) is 2.00. The van der Waals surface area contributed by atoms with Gasteiger partial charge < -0.3 is 10.2 Å². The number of carbonyl (C=O) groups is 1. The van der Waals surface area contributed by atoms with Crippen molar-refractivity contribution in [1.82, 2.24) is 0 Å². The smallest absolute Gasteiger partial charge is 0.430 e. The monoisotopic (exact) mass is 316 g/mol. The Morgan fingerprint density at radius 3 is 1.52 bits per heavy atom. The summed E-state index contributed by atoms with van der Waals surface area (Å²) in [5.74, 6) is -1.49. The molecule has 0 heterocycles. The van der Waals surface area contributed by atoms with Crippen LogP contribution in [0.25, 0.3) is 0 Å². The van der Waals surface area contributed by atoms with E-state index in [1.807, 2.05) is 0 Å². The number of aromatic carboxylic acids is 1. The molecule has 3 nitrogen and oxygen atoms in total. The van der Waals surface area contributed by atoms with Gasteiger partial charge in [0.25, 0.3) is 5.60 Å². The minimum absolute atomic E-state index is 0.315. The number of carboxylic acid groups (broad SMARTS) is 1. The van der Waals surface area contributed by atoms with Crippen molar-refractivity contribution < 1.29 is 41.4 Å². The third-order valence-corrected chi connectivity index (χ3v) is 2.98. The van der Waals surface area contributed by atoms with Crippen LogP contribution in [0.5, 0.6) is 0 Å². The third-order valence-electron chi connectivity index (χ3n) is 2.98. The van der Waals surface area contributed by atoms with E-state index in [0.29, 0.717) is 12.1 Å². The first-order valence-electron chi connectivity index (χ1n) is 5.44. The molecule has 0 radical (unpaired) electrons. The van der Waals surface area contributed by atoms with Gasteiger partial charge in [0.2, 0.25) is 0 Å². The van der Waals surface area contributed by atoms with Gasteiger partial charge in [0.15, 0.2) is 0 Å². The molecule has 1 rings (SSSR count). The second-order valence-electron chi connectivity index (χ2n) is 4.50. The highest BCUT2D eigenvalue weighted by molar-refractivity contribution is 5.91. The van der Waals surface area contributed by atoms with Crippen LogP contribution >= 0.6 is 0 Å². The first-order valence-corrected chi connectivity index (χ1v) is 5.44. The summed E-state index contributed by atoms with van der Waals surface area (Å²) in [7, 11) is 0. The van der Waals surface area contributed by atoms with E-state index in [-0.39, 0.29) is 11.1 Å². The average Bonchev–Trinajstić information content (AvgIpc) is 2.22. The van der Waals surface area contributed by atoms with Gasteiger partial charge in [-0.25, -0.2) is 4.79 Å². The number of benzene rings is 1. The summed E-state index contributed by atoms with van der Waals surface area (Å²) in [5.41, 5.74) is -7.58. The van der Waals surface area contributed by atoms with E-state index in [1.54, 1.807) is 0 Å². The highest BCUT2D eigenvalue weighted by atomic mass is 19.4. The molecule has 0 fully saturated rings. The van der Waals surface area contributed by atoms with Crippen LogP contribution in [0.15, 0.2) is 12.1 Å². The molecule has 0 aliphatic carbocycles. The number of aryl methyl sites for hydroxylation is 2. The molecule has 1 aromatic rings. The van der Waals surface area contributed by atoms with E-state index in [9.17, 15) is 36.2 Å². The molecule has 0 unspecified atom stereocenters. The number of carboxylic acids is 1. The van der Waals surface area contributed by atoms with Crippen LogP contribution < -0.4 is 0 Å². The quantitative estimate of drug-likeness (QED) is 0.823. The molecule has 2 N–H and O–H groups in total. The zero-order valence-corrected chi connectivity index (χ0v) is 10.7. The van der Waals surface area contributed by atoms with E-state index in [1.165, 1.54) is 0 Å². The fraction of sp³-hybridized carbons (Fsp3) is 0.417. The molecule has 21 heavy (non-hydrogen) atoms. The van der Waals surface area contributed by atoms with Crippen molar-refractivity contribution in [3.05, 3.63) is 34.4 Å². The predicted molar refractivity (Wildman–Crippen MR) is 58.9 cm³/mol. The highest BCUT2D eigenvalue weighted by Gasteiger charge is 2.71. The van der Waals surface area contributed by atoms with Gasteiger partial charge in [-0.1, -0.05) is 12.1 Å². The Bertz CT molecular complexity index is 536. The summed E-state index contributed by atoms with van der Waals surface area (Å²) >= 11 is 0. The molecule has 0 aliphatic heterocycles. The Hall–Kier alpha value is -1.77. The van der Waals surface area contributed by atoms with Gasteiger partial charge in [0.1, 0.15) is 0 Å². The van der Waals surface area contributed by atoms with E-state index in [2.05, 4.69) is 0 Å². The molecule has 0 aliphatic rings. The molecule has 0 bridgehead atoms. The molecule has 0 atom stereocenters. The van der Waals surface area contributed by atoms with Crippen LogP contribution in [0.1, 0.15) is 27.0 Å². The fourth-order valence-corrected chi connectivity index (χ4v) is 2.00. The first kappa shape index (κ1) is 17.3. The zero-order chi connectivity index (χ0) is 16.8. The Kier molecular flexibility index (Phi) is 4.03. The maximum atomic E-state index is 12.7. The van der Waals surface area contributed by atoms with E-state index >= 15 is 0 Å². The first-order chi connectivity index (χ1) is 9.23. The van der Waals surface area contributed by atoms with Crippen LogP contribution in [-0.2, 0) is 5.60 Å². The lowest BCUT2D eigenvalue weighted by atomic mass is 9.87. The second-order valence-corrected chi connectivity index (χ2v) is 4.50. The summed E-state index contributed by atoms with van der Waals surface area (Å²) in [4.78, 5) is 10.9. The van der Waals surface area contributed by atoms with E-state index in [0.717, 1.165) is 13.8 Å². The van der Waals surface area contributed by atoms with Gasteiger partial charge in [0, 0.05) is 5.56 Å². The molecule has 0 spiro atoms. The van der Waals surface area contributed by atoms with Crippen molar-refractivity contribution in [3.8, 4) is 0 Å². The van der Waals surface area contributed by atoms with Crippen molar-refractivity contribution in [2.45, 2.75) is 31.8 Å². The molecular formula is C12H10F6O3. The molecule has 1 aromatic carbocycles. The molecule has 0 saturated carbocycles. The molecule has 0 amide bonds. The van der Waals surface area contributed by atoms with E-state index < -0.39 is 35.0 Å². The normalized spacial score (nSPS) is 13.4. The SMILES string of the molecule is Cc1cc(C(O)(C(F)(F)F)C(F)(F)F)cc(C)c1C(=O)O. The van der Waals surface area contributed by atoms with Gasteiger partial charge in [-0.3, -0.25) is 0 Å². The van der Waals surface area contributed by atoms with Crippen LogP contribution in [0.3, 0.4) is 0 Å². The topological polar surface area (TPSA) is 57.5 Å². The number of halogens is 6. The summed E-state index contributed by atoms with van der Waals surface area (Å²) in [6, 6.07) is 0.745. The maximum absolute atomic E-state index is 12.7. The summed E-state index contributed by atoms with van der Waals surface area (Å²) in [6.45, 7) is 2.10. The molecule has 118 valence electrons. The standard InChI is InChI=1S/C12H10F6O3/c1-5-3-7(4-6(2)8(5)9(19)20)10(21,11(13,14)15)12(16,17)18/h3-4,21H,1-2H3,(H,19,20). The Morgan fingerprint density at radius 2 is 1.29 bits per heavy atom. The average molecular weight is 316 g/mol. The largest absolute Gasteiger partial charge is 0.478 e. The lowest BCUT2D eigenvalue weighted by Gasteiger charge is -2.33. The van der Waals surface area contributed by atoms with Crippen molar-refractivity contribution >= 4 is 5.97 Å². The van der Waals surface area contributed by atoms with Gasteiger partial charge in [-0.05, 0) is 25.0 Å². The van der Waals surface area contributed by atoms with Gasteiger partial charge in [-0.15, -0.1) is 0 Å². The summed E-state index contributed by atoms with van der Waals surface area (Å²) < 4.78 is 76.3. The Balaban J connectivity index is 3.68. The molecule has 0 aromatic heterocycles. The molecule has 9 heteroatoms. The Labute approximate surface area is 114 Å². The number of aliphatic hydroxyl groups is 1. The van der Waals surface area contributed by atoms with Crippen molar-refractivity contribution in [3.63, 3.8) is 0 Å². The number of rotatable bonds is 2. The van der Waals surface area contributed by atoms with Crippen molar-refractivity contribution in [2.75, 3.05) is 0 Å². The summed E-state index contributed by atoms with van der Waals surface area (Å²) in [6.07, 6.45) is -12.0. The van der Waals surface area contributed by atoms with Crippen LogP contribution in [0.4, 0.5) is 26.3 Å². The second kappa shape index (κ2) is 4.90. The van der Waals surface area contributed by atoms with E-state index in [4.69, 9.17) is 5.11 Å². The third kappa shape index (κ3) is 2.69. The lowest BCUT2D eigenvalue weighted by molar-refractivity contribution is -0.376.